The van der Waals surface area contributed by atoms with Gasteiger partial charge in [-0.2, -0.15) is 5.26 Å². The molecule has 0 fully saturated rings. The van der Waals surface area contributed by atoms with Gasteiger partial charge in [0.1, 0.15) is 6.54 Å². The van der Waals surface area contributed by atoms with E-state index in [4.69, 9.17) is 16.9 Å². The zero-order chi connectivity index (χ0) is 13.0. The van der Waals surface area contributed by atoms with E-state index in [1.54, 1.807) is 11.9 Å². The third-order valence-corrected chi connectivity index (χ3v) is 2.74. The number of nitrogens with zero attached hydrogens (tertiary/aromatic N) is 4. The lowest BCUT2D eigenvalue weighted by molar-refractivity contribution is 0.934. The number of anilines is 1. The zero-order valence-corrected chi connectivity index (χ0v) is 10.6. The van der Waals surface area contributed by atoms with Crippen molar-refractivity contribution in [1.82, 2.24) is 10.2 Å². The van der Waals surface area contributed by atoms with Crippen LogP contribution in [0.3, 0.4) is 0 Å². The van der Waals surface area contributed by atoms with Gasteiger partial charge in [0.05, 0.1) is 11.8 Å². The van der Waals surface area contributed by atoms with Crippen LogP contribution in [0.4, 0.5) is 5.82 Å². The number of hydrogen-bond acceptors (Lipinski definition) is 4. The molecule has 18 heavy (non-hydrogen) atoms. The fourth-order valence-corrected chi connectivity index (χ4v) is 1.62. The largest absolute Gasteiger partial charge is 0.345 e. The second-order valence-corrected chi connectivity index (χ2v) is 4.23. The maximum atomic E-state index is 8.60. The number of halogens is 1. The van der Waals surface area contributed by atoms with Crippen molar-refractivity contribution >= 4 is 17.4 Å². The molecule has 0 unspecified atom stereocenters. The van der Waals surface area contributed by atoms with E-state index in [1.165, 1.54) is 0 Å². The van der Waals surface area contributed by atoms with Crippen molar-refractivity contribution in [3.63, 3.8) is 0 Å². The fourth-order valence-electron chi connectivity index (χ4n) is 1.49. The van der Waals surface area contributed by atoms with E-state index in [0.29, 0.717) is 10.8 Å². The monoisotopic (exact) mass is 258 g/mol. The maximum Gasteiger partial charge on any atom is 0.151 e. The molecule has 0 aliphatic rings. The Morgan fingerprint density at radius 1 is 1.17 bits per heavy atom. The van der Waals surface area contributed by atoms with Gasteiger partial charge in [-0.25, -0.2) is 0 Å². The molecule has 0 aliphatic carbocycles. The van der Waals surface area contributed by atoms with Crippen LogP contribution in [0.2, 0.25) is 5.02 Å². The van der Waals surface area contributed by atoms with Crippen molar-refractivity contribution in [2.45, 2.75) is 0 Å². The van der Waals surface area contributed by atoms with E-state index in [0.717, 1.165) is 11.3 Å². The Labute approximate surface area is 110 Å². The molecule has 0 saturated carbocycles. The summed E-state index contributed by atoms with van der Waals surface area (Å²) in [7, 11) is 1.80. The van der Waals surface area contributed by atoms with Crippen molar-refractivity contribution in [3.8, 4) is 17.3 Å². The third kappa shape index (κ3) is 2.76. The summed E-state index contributed by atoms with van der Waals surface area (Å²) >= 11 is 5.83. The second-order valence-electron chi connectivity index (χ2n) is 3.80. The quantitative estimate of drug-likeness (QED) is 0.795. The molecule has 0 amide bonds. The van der Waals surface area contributed by atoms with E-state index in [2.05, 4.69) is 16.3 Å². The lowest BCUT2D eigenvalue weighted by atomic mass is 10.1. The van der Waals surface area contributed by atoms with Crippen molar-refractivity contribution < 1.29 is 0 Å². The summed E-state index contributed by atoms with van der Waals surface area (Å²) < 4.78 is 0. The van der Waals surface area contributed by atoms with Crippen molar-refractivity contribution in [3.05, 3.63) is 41.4 Å². The van der Waals surface area contributed by atoms with Crippen LogP contribution in [-0.4, -0.2) is 23.8 Å². The van der Waals surface area contributed by atoms with Crippen LogP contribution >= 0.6 is 11.6 Å². The molecule has 2 aromatic rings. The summed E-state index contributed by atoms with van der Waals surface area (Å²) in [5, 5.41) is 17.5. The number of benzene rings is 1. The Kier molecular flexibility index (Phi) is 3.75. The Morgan fingerprint density at radius 3 is 2.44 bits per heavy atom. The smallest absolute Gasteiger partial charge is 0.151 e. The van der Waals surface area contributed by atoms with Crippen molar-refractivity contribution in [1.29, 1.82) is 5.26 Å². The molecule has 0 bridgehead atoms. The first-order valence-electron chi connectivity index (χ1n) is 5.38. The van der Waals surface area contributed by atoms with Gasteiger partial charge in [0.15, 0.2) is 5.82 Å². The van der Waals surface area contributed by atoms with E-state index in [-0.39, 0.29) is 6.54 Å². The molecular weight excluding hydrogens is 248 g/mol. The predicted octanol–water partition coefficient (Wildman–Crippen LogP) is 2.76. The van der Waals surface area contributed by atoms with Crippen LogP contribution in [-0.2, 0) is 0 Å². The molecule has 1 heterocycles. The van der Waals surface area contributed by atoms with Crippen LogP contribution in [0.15, 0.2) is 36.4 Å². The lowest BCUT2D eigenvalue weighted by Gasteiger charge is -2.12. The highest BCUT2D eigenvalue weighted by Crippen LogP contribution is 2.20. The Morgan fingerprint density at radius 2 is 1.89 bits per heavy atom. The summed E-state index contributed by atoms with van der Waals surface area (Å²) in [5.41, 5.74) is 1.74. The topological polar surface area (TPSA) is 52.8 Å². The molecule has 1 aromatic carbocycles. The Hall–Kier alpha value is -2.12. The molecule has 4 nitrogen and oxygen atoms in total. The number of hydrogen-bond donors (Lipinski definition) is 0. The average Bonchev–Trinajstić information content (AvgIpc) is 2.40. The van der Waals surface area contributed by atoms with Crippen LogP contribution in [0.25, 0.3) is 11.3 Å². The molecule has 0 N–H and O–H groups in total. The molecule has 0 saturated heterocycles. The molecule has 5 heteroatoms. The summed E-state index contributed by atoms with van der Waals surface area (Å²) in [6.07, 6.45) is 0. The van der Waals surface area contributed by atoms with Gasteiger partial charge in [0.2, 0.25) is 0 Å². The molecule has 0 aliphatic heterocycles. The summed E-state index contributed by atoms with van der Waals surface area (Å²) in [4.78, 5) is 1.73. The minimum absolute atomic E-state index is 0.287. The highest BCUT2D eigenvalue weighted by Gasteiger charge is 2.04. The number of aromatic nitrogens is 2. The first kappa shape index (κ1) is 12.3. The molecule has 0 radical (unpaired) electrons. The van der Waals surface area contributed by atoms with E-state index >= 15 is 0 Å². The van der Waals surface area contributed by atoms with E-state index in [1.807, 2.05) is 36.4 Å². The third-order valence-electron chi connectivity index (χ3n) is 2.49. The molecule has 0 atom stereocenters. The van der Waals surface area contributed by atoms with Gasteiger partial charge < -0.3 is 4.90 Å². The summed E-state index contributed by atoms with van der Waals surface area (Å²) in [6, 6.07) is 13.2. The van der Waals surface area contributed by atoms with Gasteiger partial charge in [-0.1, -0.05) is 23.7 Å². The molecule has 1 aromatic heterocycles. The van der Waals surface area contributed by atoms with Gasteiger partial charge in [0.25, 0.3) is 0 Å². The van der Waals surface area contributed by atoms with Crippen LogP contribution < -0.4 is 4.90 Å². The Balaban J connectivity index is 2.22. The summed E-state index contributed by atoms with van der Waals surface area (Å²) in [6.45, 7) is 0.287. The van der Waals surface area contributed by atoms with Crippen molar-refractivity contribution in [2.75, 3.05) is 18.5 Å². The maximum absolute atomic E-state index is 8.60. The van der Waals surface area contributed by atoms with Gasteiger partial charge >= 0.3 is 0 Å². The van der Waals surface area contributed by atoms with Crippen LogP contribution in [0, 0.1) is 11.3 Å². The van der Waals surface area contributed by atoms with Gasteiger partial charge in [0, 0.05) is 17.6 Å². The van der Waals surface area contributed by atoms with Crippen LogP contribution in [0.1, 0.15) is 0 Å². The zero-order valence-electron chi connectivity index (χ0n) is 9.84. The predicted molar refractivity (Wildman–Crippen MR) is 71.4 cm³/mol. The Bertz CT molecular complexity index is 557. The number of rotatable bonds is 3. The SMILES string of the molecule is CN(CC#N)c1ccc(-c2ccc(Cl)cc2)nn1. The number of nitriles is 1. The minimum atomic E-state index is 0.287. The minimum Gasteiger partial charge on any atom is -0.345 e. The molecular formula is C13H11ClN4. The molecule has 0 spiro atoms. The summed E-state index contributed by atoms with van der Waals surface area (Å²) in [5.74, 6) is 0.675. The average molecular weight is 259 g/mol. The second kappa shape index (κ2) is 5.48. The van der Waals surface area contributed by atoms with Crippen LogP contribution in [0.5, 0.6) is 0 Å². The van der Waals surface area contributed by atoms with E-state index < -0.39 is 0 Å². The standard InChI is InChI=1S/C13H11ClN4/c1-18(9-8-15)13-7-6-12(16-17-13)10-2-4-11(14)5-3-10/h2-7H,9H2,1H3. The van der Waals surface area contributed by atoms with Gasteiger partial charge in [-0.3, -0.25) is 0 Å². The van der Waals surface area contributed by atoms with Gasteiger partial charge in [-0.15, -0.1) is 10.2 Å². The van der Waals surface area contributed by atoms with Crippen molar-refractivity contribution in [2.24, 2.45) is 0 Å². The highest BCUT2D eigenvalue weighted by atomic mass is 35.5. The molecule has 2 rings (SSSR count). The lowest BCUT2D eigenvalue weighted by Crippen LogP contribution is -2.18. The first-order chi connectivity index (χ1) is 8.70. The first-order valence-corrected chi connectivity index (χ1v) is 5.76. The fraction of sp³-hybridized carbons (Fsp3) is 0.154. The normalized spacial score (nSPS) is 9.83. The molecule has 90 valence electrons. The van der Waals surface area contributed by atoms with E-state index in [9.17, 15) is 0 Å². The highest BCUT2D eigenvalue weighted by molar-refractivity contribution is 6.30. The van der Waals surface area contributed by atoms with Gasteiger partial charge in [-0.05, 0) is 24.3 Å².